The second-order valence-electron chi connectivity index (χ2n) is 5.72. The molecule has 0 atom stereocenters. The minimum atomic E-state index is 0.463. The van der Waals surface area contributed by atoms with Gasteiger partial charge in [-0.1, -0.05) is 11.6 Å². The number of benzene rings is 1. The van der Waals surface area contributed by atoms with Gasteiger partial charge in [0, 0.05) is 11.1 Å². The number of nitrogens with zero attached hydrogens (tertiary/aromatic N) is 2. The molecule has 2 fully saturated rings. The number of imidazole rings is 1. The number of rotatable bonds is 2. The van der Waals surface area contributed by atoms with Crippen molar-refractivity contribution in [3.63, 3.8) is 0 Å². The van der Waals surface area contributed by atoms with Crippen molar-refractivity contribution >= 4 is 46.0 Å². The standard InChI is InChI=1S/C14H14Cl2N2S/c15-6-13-17-11-3-9(16)1-2-12(11)18(13)10-4-14(5-10)7-19-8-14/h1-3,10H,4-8H2. The lowest BCUT2D eigenvalue weighted by Crippen LogP contribution is -2.48. The molecule has 0 N–H and O–H groups in total. The number of aromatic nitrogens is 2. The van der Waals surface area contributed by atoms with Gasteiger partial charge >= 0.3 is 0 Å². The predicted molar refractivity (Wildman–Crippen MR) is 82.3 cm³/mol. The lowest BCUT2D eigenvalue weighted by atomic mass is 9.67. The highest BCUT2D eigenvalue weighted by molar-refractivity contribution is 8.00. The van der Waals surface area contributed by atoms with Gasteiger partial charge in [-0.3, -0.25) is 0 Å². The first kappa shape index (κ1) is 12.4. The fraction of sp³-hybridized carbons (Fsp3) is 0.500. The lowest BCUT2D eigenvalue weighted by Gasteiger charge is -2.54. The first-order valence-corrected chi connectivity index (χ1v) is 8.58. The van der Waals surface area contributed by atoms with Gasteiger partial charge in [-0.05, 0) is 48.0 Å². The van der Waals surface area contributed by atoms with Crippen LogP contribution in [-0.2, 0) is 5.88 Å². The average molecular weight is 313 g/mol. The summed E-state index contributed by atoms with van der Waals surface area (Å²) < 4.78 is 2.34. The Morgan fingerprint density at radius 2 is 2.16 bits per heavy atom. The number of thioether (sulfide) groups is 1. The maximum atomic E-state index is 6.07. The summed E-state index contributed by atoms with van der Waals surface area (Å²) in [7, 11) is 0. The summed E-state index contributed by atoms with van der Waals surface area (Å²) in [6.07, 6.45) is 2.55. The number of halogens is 2. The van der Waals surface area contributed by atoms with E-state index in [0.717, 1.165) is 16.4 Å². The Kier molecular flexibility index (Phi) is 2.80. The zero-order valence-corrected chi connectivity index (χ0v) is 12.7. The van der Waals surface area contributed by atoms with Gasteiger partial charge in [-0.15, -0.1) is 11.6 Å². The van der Waals surface area contributed by atoms with Crippen molar-refractivity contribution in [3.8, 4) is 0 Å². The minimum absolute atomic E-state index is 0.463. The molecule has 5 heteroatoms. The quantitative estimate of drug-likeness (QED) is 0.760. The molecular formula is C14H14Cl2N2S. The van der Waals surface area contributed by atoms with Crippen molar-refractivity contribution in [2.24, 2.45) is 5.41 Å². The Bertz CT molecular complexity index is 640. The van der Waals surface area contributed by atoms with Crippen molar-refractivity contribution in [3.05, 3.63) is 29.0 Å². The highest BCUT2D eigenvalue weighted by atomic mass is 35.5. The van der Waals surface area contributed by atoms with Crippen molar-refractivity contribution in [2.75, 3.05) is 11.5 Å². The van der Waals surface area contributed by atoms with Crippen LogP contribution in [0.4, 0.5) is 0 Å². The Morgan fingerprint density at radius 1 is 1.37 bits per heavy atom. The summed E-state index contributed by atoms with van der Waals surface area (Å²) in [4.78, 5) is 4.63. The molecule has 2 heterocycles. The van der Waals surface area contributed by atoms with Gasteiger partial charge in [0.2, 0.25) is 0 Å². The normalized spacial score (nSPS) is 21.6. The van der Waals surface area contributed by atoms with Crippen LogP contribution in [0, 0.1) is 5.41 Å². The molecule has 0 bridgehead atoms. The van der Waals surface area contributed by atoms with E-state index in [0.29, 0.717) is 17.3 Å². The summed E-state index contributed by atoms with van der Waals surface area (Å²) in [5, 5.41) is 0.735. The van der Waals surface area contributed by atoms with E-state index in [9.17, 15) is 0 Å². The highest BCUT2D eigenvalue weighted by Crippen LogP contribution is 2.58. The molecule has 19 heavy (non-hydrogen) atoms. The summed E-state index contributed by atoms with van der Waals surface area (Å²) in [6, 6.07) is 6.51. The molecule has 0 amide bonds. The van der Waals surface area contributed by atoms with Crippen molar-refractivity contribution < 1.29 is 0 Å². The van der Waals surface area contributed by atoms with Crippen LogP contribution in [0.3, 0.4) is 0 Å². The Hall–Kier alpha value is -0.380. The summed E-state index contributed by atoms with van der Waals surface area (Å²) in [5.41, 5.74) is 2.76. The van der Waals surface area contributed by atoms with Crippen LogP contribution >= 0.6 is 35.0 Å². The molecule has 2 aromatic rings. The molecule has 1 spiro atoms. The van der Waals surface area contributed by atoms with Gasteiger partial charge in [0.1, 0.15) is 5.82 Å². The molecule has 1 aromatic carbocycles. The third kappa shape index (κ3) is 1.82. The van der Waals surface area contributed by atoms with Gasteiger partial charge in [-0.2, -0.15) is 11.8 Å². The van der Waals surface area contributed by atoms with E-state index in [4.69, 9.17) is 23.2 Å². The fourth-order valence-electron chi connectivity index (χ4n) is 3.37. The third-order valence-electron chi connectivity index (χ3n) is 4.36. The molecule has 1 aromatic heterocycles. The summed E-state index contributed by atoms with van der Waals surface area (Å²) in [5.74, 6) is 4.10. The van der Waals surface area contributed by atoms with E-state index < -0.39 is 0 Å². The van der Waals surface area contributed by atoms with Gasteiger partial charge in [-0.25, -0.2) is 4.98 Å². The Balaban J connectivity index is 1.75. The van der Waals surface area contributed by atoms with Crippen LogP contribution < -0.4 is 0 Å². The summed E-state index contributed by atoms with van der Waals surface area (Å²) >= 11 is 14.2. The van der Waals surface area contributed by atoms with Gasteiger partial charge in [0.05, 0.1) is 16.9 Å². The zero-order chi connectivity index (χ0) is 13.0. The lowest BCUT2D eigenvalue weighted by molar-refractivity contribution is 0.103. The minimum Gasteiger partial charge on any atom is -0.324 e. The molecule has 100 valence electrons. The molecule has 0 radical (unpaired) electrons. The van der Waals surface area contributed by atoms with Gasteiger partial charge in [0.15, 0.2) is 0 Å². The van der Waals surface area contributed by atoms with E-state index in [1.807, 2.05) is 12.1 Å². The van der Waals surface area contributed by atoms with Crippen LogP contribution in [0.1, 0.15) is 24.7 Å². The number of alkyl halides is 1. The number of fused-ring (bicyclic) bond motifs is 1. The van der Waals surface area contributed by atoms with Gasteiger partial charge in [0.25, 0.3) is 0 Å². The predicted octanol–water partition coefficient (Wildman–Crippen LogP) is 4.50. The second kappa shape index (κ2) is 4.31. The van der Waals surface area contributed by atoms with E-state index in [-0.39, 0.29) is 0 Å². The number of hydrogen-bond donors (Lipinski definition) is 0. The van der Waals surface area contributed by atoms with Crippen LogP contribution in [0.25, 0.3) is 11.0 Å². The molecule has 2 aliphatic rings. The van der Waals surface area contributed by atoms with Crippen molar-refractivity contribution in [1.82, 2.24) is 9.55 Å². The maximum Gasteiger partial charge on any atom is 0.125 e. The van der Waals surface area contributed by atoms with Crippen LogP contribution in [0.2, 0.25) is 5.02 Å². The zero-order valence-electron chi connectivity index (χ0n) is 10.4. The smallest absolute Gasteiger partial charge is 0.125 e. The topological polar surface area (TPSA) is 17.8 Å². The van der Waals surface area contributed by atoms with Crippen LogP contribution in [0.5, 0.6) is 0 Å². The number of hydrogen-bond acceptors (Lipinski definition) is 2. The molecular weight excluding hydrogens is 299 g/mol. The van der Waals surface area contributed by atoms with E-state index >= 15 is 0 Å². The fourth-order valence-corrected chi connectivity index (χ4v) is 4.98. The van der Waals surface area contributed by atoms with E-state index in [1.54, 1.807) is 0 Å². The molecule has 2 nitrogen and oxygen atoms in total. The van der Waals surface area contributed by atoms with Crippen molar-refractivity contribution in [2.45, 2.75) is 24.8 Å². The maximum absolute atomic E-state index is 6.07. The third-order valence-corrected chi connectivity index (χ3v) is 6.47. The first-order valence-electron chi connectivity index (χ1n) is 6.51. The average Bonchev–Trinajstić information content (AvgIpc) is 2.63. The monoisotopic (exact) mass is 312 g/mol. The SMILES string of the molecule is ClCc1nc2cc(Cl)ccc2n1C1CC2(CSC2)C1. The molecule has 1 aliphatic carbocycles. The largest absolute Gasteiger partial charge is 0.324 e. The molecule has 1 saturated heterocycles. The Morgan fingerprint density at radius 3 is 2.79 bits per heavy atom. The van der Waals surface area contributed by atoms with Crippen LogP contribution in [0.15, 0.2) is 18.2 Å². The van der Waals surface area contributed by atoms with Gasteiger partial charge < -0.3 is 4.57 Å². The van der Waals surface area contributed by atoms with Crippen molar-refractivity contribution in [1.29, 1.82) is 0 Å². The molecule has 1 aliphatic heterocycles. The highest BCUT2D eigenvalue weighted by Gasteiger charge is 2.50. The molecule has 1 saturated carbocycles. The Labute approximate surface area is 126 Å². The summed E-state index contributed by atoms with van der Waals surface area (Å²) in [6.45, 7) is 0. The second-order valence-corrected chi connectivity index (χ2v) is 7.41. The van der Waals surface area contributed by atoms with E-state index in [2.05, 4.69) is 27.4 Å². The molecule has 4 rings (SSSR count). The first-order chi connectivity index (χ1) is 9.21. The van der Waals surface area contributed by atoms with E-state index in [1.165, 1.54) is 29.9 Å². The van der Waals surface area contributed by atoms with Crippen LogP contribution in [-0.4, -0.2) is 21.1 Å². The molecule has 0 unspecified atom stereocenters.